The molecule has 2 aromatic carbocycles. The highest BCUT2D eigenvalue weighted by Crippen LogP contribution is 2.24. The predicted octanol–water partition coefficient (Wildman–Crippen LogP) is 4.33. The molecule has 0 saturated carbocycles. The van der Waals surface area contributed by atoms with Crippen LogP contribution in [-0.4, -0.2) is 23.1 Å². The molecule has 2 N–H and O–H groups in total. The SMILES string of the molecule is CC[C@@H](C)NC(=O)c1ccccc1NC(=O)[C@@H](C)Sc1ccccc1. The Morgan fingerprint density at radius 1 is 1.00 bits per heavy atom. The van der Waals surface area contributed by atoms with E-state index in [0.29, 0.717) is 11.3 Å². The fourth-order valence-corrected chi connectivity index (χ4v) is 3.07. The number of rotatable bonds is 7. The van der Waals surface area contributed by atoms with Gasteiger partial charge in [0.1, 0.15) is 0 Å². The molecule has 2 aromatic rings. The van der Waals surface area contributed by atoms with Crippen molar-refractivity contribution >= 4 is 29.3 Å². The van der Waals surface area contributed by atoms with Crippen LogP contribution in [0.1, 0.15) is 37.6 Å². The van der Waals surface area contributed by atoms with Crippen LogP contribution in [0.15, 0.2) is 59.5 Å². The topological polar surface area (TPSA) is 58.2 Å². The molecule has 0 aromatic heterocycles. The summed E-state index contributed by atoms with van der Waals surface area (Å²) in [7, 11) is 0. The number of thioether (sulfide) groups is 1. The Bertz CT molecular complexity index is 719. The molecule has 2 atom stereocenters. The van der Waals surface area contributed by atoms with E-state index in [1.165, 1.54) is 11.8 Å². The van der Waals surface area contributed by atoms with E-state index in [1.54, 1.807) is 18.2 Å². The minimum Gasteiger partial charge on any atom is -0.350 e. The Morgan fingerprint density at radius 2 is 1.64 bits per heavy atom. The quantitative estimate of drug-likeness (QED) is 0.726. The molecule has 0 bridgehead atoms. The molecule has 0 aliphatic rings. The summed E-state index contributed by atoms with van der Waals surface area (Å²) in [4.78, 5) is 26.0. The smallest absolute Gasteiger partial charge is 0.253 e. The predicted molar refractivity (Wildman–Crippen MR) is 104 cm³/mol. The highest BCUT2D eigenvalue weighted by atomic mass is 32.2. The van der Waals surface area contributed by atoms with Gasteiger partial charge in [0.25, 0.3) is 5.91 Å². The first-order valence-corrected chi connectivity index (χ1v) is 9.31. The zero-order valence-corrected chi connectivity index (χ0v) is 15.6. The van der Waals surface area contributed by atoms with E-state index in [1.807, 2.05) is 57.2 Å². The molecule has 132 valence electrons. The van der Waals surface area contributed by atoms with Gasteiger partial charge in [0.2, 0.25) is 5.91 Å². The van der Waals surface area contributed by atoms with Gasteiger partial charge in [0, 0.05) is 10.9 Å². The van der Waals surface area contributed by atoms with E-state index in [-0.39, 0.29) is 23.1 Å². The van der Waals surface area contributed by atoms with Gasteiger partial charge < -0.3 is 10.6 Å². The molecule has 0 fully saturated rings. The fraction of sp³-hybridized carbons (Fsp3) is 0.300. The lowest BCUT2D eigenvalue weighted by atomic mass is 10.1. The zero-order valence-electron chi connectivity index (χ0n) is 14.8. The zero-order chi connectivity index (χ0) is 18.2. The van der Waals surface area contributed by atoms with Gasteiger partial charge in [-0.15, -0.1) is 11.8 Å². The molecule has 4 nitrogen and oxygen atoms in total. The number of hydrogen-bond donors (Lipinski definition) is 2. The third-order valence-electron chi connectivity index (χ3n) is 3.84. The Morgan fingerprint density at radius 3 is 2.32 bits per heavy atom. The van der Waals surface area contributed by atoms with Gasteiger partial charge >= 0.3 is 0 Å². The second-order valence-electron chi connectivity index (χ2n) is 5.89. The number of benzene rings is 2. The summed E-state index contributed by atoms with van der Waals surface area (Å²) in [5.74, 6) is -0.300. The minimum absolute atomic E-state index is 0.0869. The Labute approximate surface area is 153 Å². The van der Waals surface area contributed by atoms with Crippen LogP contribution in [0.5, 0.6) is 0 Å². The van der Waals surface area contributed by atoms with Crippen LogP contribution >= 0.6 is 11.8 Å². The molecule has 0 aliphatic heterocycles. The van der Waals surface area contributed by atoms with E-state index in [9.17, 15) is 9.59 Å². The van der Waals surface area contributed by atoms with Crippen molar-refractivity contribution in [2.75, 3.05) is 5.32 Å². The lowest BCUT2D eigenvalue weighted by Crippen LogP contribution is -2.33. The minimum atomic E-state index is -0.270. The van der Waals surface area contributed by atoms with Gasteiger partial charge in [-0.05, 0) is 44.5 Å². The largest absolute Gasteiger partial charge is 0.350 e. The summed E-state index contributed by atoms with van der Waals surface area (Å²) in [6.07, 6.45) is 0.852. The first-order chi connectivity index (χ1) is 12.0. The van der Waals surface area contributed by atoms with Crippen LogP contribution in [0.25, 0.3) is 0 Å². The van der Waals surface area contributed by atoms with Gasteiger partial charge in [0.15, 0.2) is 0 Å². The maximum absolute atomic E-state index is 12.5. The Balaban J connectivity index is 2.06. The van der Waals surface area contributed by atoms with Crippen molar-refractivity contribution in [3.63, 3.8) is 0 Å². The molecule has 2 amide bonds. The summed E-state index contributed by atoms with van der Waals surface area (Å²) in [5.41, 5.74) is 1.02. The number of para-hydroxylation sites is 1. The highest BCUT2D eigenvalue weighted by molar-refractivity contribution is 8.00. The fourth-order valence-electron chi connectivity index (χ4n) is 2.18. The summed E-state index contributed by atoms with van der Waals surface area (Å²) in [6, 6.07) is 17.0. The second kappa shape index (κ2) is 9.28. The van der Waals surface area contributed by atoms with Crippen molar-refractivity contribution in [3.05, 3.63) is 60.2 Å². The van der Waals surface area contributed by atoms with Crippen LogP contribution in [-0.2, 0) is 4.79 Å². The summed E-state index contributed by atoms with van der Waals surface area (Å²) < 4.78 is 0. The molecule has 0 heterocycles. The van der Waals surface area contributed by atoms with Crippen molar-refractivity contribution < 1.29 is 9.59 Å². The van der Waals surface area contributed by atoms with Gasteiger partial charge in [-0.3, -0.25) is 9.59 Å². The van der Waals surface area contributed by atoms with Crippen LogP contribution in [0, 0.1) is 0 Å². The highest BCUT2D eigenvalue weighted by Gasteiger charge is 2.18. The molecule has 0 spiro atoms. The van der Waals surface area contributed by atoms with Crippen LogP contribution in [0.2, 0.25) is 0 Å². The van der Waals surface area contributed by atoms with Crippen molar-refractivity contribution in [1.29, 1.82) is 0 Å². The van der Waals surface area contributed by atoms with Crippen molar-refractivity contribution in [3.8, 4) is 0 Å². The summed E-state index contributed by atoms with van der Waals surface area (Å²) >= 11 is 1.49. The number of carbonyl (C=O) groups is 2. The van der Waals surface area contributed by atoms with E-state index >= 15 is 0 Å². The summed E-state index contributed by atoms with van der Waals surface area (Å²) in [5, 5.41) is 5.54. The molecule has 0 aliphatic carbocycles. The standard InChI is InChI=1S/C20H24N2O2S/c1-4-14(2)21-20(24)17-12-8-9-13-18(17)22-19(23)15(3)25-16-10-6-5-7-11-16/h5-15H,4H2,1-3H3,(H,21,24)(H,22,23)/t14-,15-/m1/s1. The van der Waals surface area contributed by atoms with Crippen molar-refractivity contribution in [2.45, 2.75) is 43.4 Å². The van der Waals surface area contributed by atoms with Crippen molar-refractivity contribution in [1.82, 2.24) is 5.32 Å². The molecular weight excluding hydrogens is 332 g/mol. The average Bonchev–Trinajstić information content (AvgIpc) is 2.62. The number of hydrogen-bond acceptors (Lipinski definition) is 3. The van der Waals surface area contributed by atoms with Crippen LogP contribution in [0.4, 0.5) is 5.69 Å². The number of amides is 2. The van der Waals surface area contributed by atoms with Crippen molar-refractivity contribution in [2.24, 2.45) is 0 Å². The van der Waals surface area contributed by atoms with E-state index in [4.69, 9.17) is 0 Å². The van der Waals surface area contributed by atoms with E-state index < -0.39 is 0 Å². The molecule has 25 heavy (non-hydrogen) atoms. The number of anilines is 1. The molecular formula is C20H24N2O2S. The van der Waals surface area contributed by atoms with Gasteiger partial charge in [0.05, 0.1) is 16.5 Å². The van der Waals surface area contributed by atoms with Crippen LogP contribution in [0.3, 0.4) is 0 Å². The Hall–Kier alpha value is -2.27. The van der Waals surface area contributed by atoms with E-state index in [2.05, 4.69) is 10.6 Å². The normalized spacial score (nSPS) is 12.9. The Kier molecular flexibility index (Phi) is 7.07. The molecule has 0 saturated heterocycles. The average molecular weight is 356 g/mol. The third kappa shape index (κ3) is 5.64. The molecule has 5 heteroatoms. The lowest BCUT2D eigenvalue weighted by molar-refractivity contribution is -0.115. The number of carbonyl (C=O) groups excluding carboxylic acids is 2. The third-order valence-corrected chi connectivity index (χ3v) is 4.96. The van der Waals surface area contributed by atoms with Crippen LogP contribution < -0.4 is 10.6 Å². The molecule has 0 radical (unpaired) electrons. The van der Waals surface area contributed by atoms with Gasteiger partial charge in [-0.2, -0.15) is 0 Å². The van der Waals surface area contributed by atoms with Gasteiger partial charge in [-0.25, -0.2) is 0 Å². The first kappa shape index (κ1) is 19.1. The monoisotopic (exact) mass is 356 g/mol. The molecule has 2 rings (SSSR count). The second-order valence-corrected chi connectivity index (χ2v) is 7.30. The number of nitrogens with one attached hydrogen (secondary N) is 2. The van der Waals surface area contributed by atoms with E-state index in [0.717, 1.165) is 11.3 Å². The molecule has 0 unspecified atom stereocenters. The first-order valence-electron chi connectivity index (χ1n) is 8.43. The maximum atomic E-state index is 12.5. The summed E-state index contributed by atoms with van der Waals surface area (Å²) in [6.45, 7) is 5.83. The maximum Gasteiger partial charge on any atom is 0.253 e. The van der Waals surface area contributed by atoms with Gasteiger partial charge in [-0.1, -0.05) is 37.3 Å². The lowest BCUT2D eigenvalue weighted by Gasteiger charge is -2.16.